The highest BCUT2D eigenvalue weighted by Gasteiger charge is 2.30. The Hall–Kier alpha value is -2.94. The van der Waals surface area contributed by atoms with Crippen LogP contribution in [0.1, 0.15) is 30.5 Å². The second-order valence-corrected chi connectivity index (χ2v) is 9.58. The van der Waals surface area contributed by atoms with Crippen LogP contribution in [0.2, 0.25) is 0 Å². The molecule has 1 atom stereocenters. The maximum atomic E-state index is 14.3. The first kappa shape index (κ1) is 25.3. The molecular weight excluding hydrogens is 433 g/mol. The van der Waals surface area contributed by atoms with Crippen molar-refractivity contribution in [1.82, 2.24) is 10.2 Å². The summed E-state index contributed by atoms with van der Waals surface area (Å²) in [7, 11) is -3.81. The zero-order chi connectivity index (χ0) is 24.1. The van der Waals surface area contributed by atoms with E-state index in [9.17, 15) is 22.4 Å². The van der Waals surface area contributed by atoms with Gasteiger partial charge in [0.1, 0.15) is 18.4 Å². The van der Waals surface area contributed by atoms with E-state index in [1.807, 2.05) is 13.0 Å². The Bertz CT molecular complexity index is 1090. The quantitative estimate of drug-likeness (QED) is 0.620. The molecule has 0 spiro atoms. The van der Waals surface area contributed by atoms with Gasteiger partial charge in [-0.1, -0.05) is 30.3 Å². The van der Waals surface area contributed by atoms with Crippen molar-refractivity contribution in [2.24, 2.45) is 0 Å². The molecule has 174 valence electrons. The first-order valence-electron chi connectivity index (χ1n) is 10.3. The zero-order valence-electron chi connectivity index (χ0n) is 19.1. The minimum Gasteiger partial charge on any atom is -0.355 e. The molecule has 0 aliphatic rings. The van der Waals surface area contributed by atoms with Crippen LogP contribution in [0.4, 0.5) is 10.1 Å². The van der Waals surface area contributed by atoms with Gasteiger partial charge < -0.3 is 10.2 Å². The Morgan fingerprint density at radius 3 is 2.34 bits per heavy atom. The van der Waals surface area contributed by atoms with Gasteiger partial charge in [-0.05, 0) is 51.0 Å². The maximum Gasteiger partial charge on any atom is 0.244 e. The van der Waals surface area contributed by atoms with Crippen LogP contribution in [-0.4, -0.2) is 50.5 Å². The fourth-order valence-electron chi connectivity index (χ4n) is 3.32. The standard InChI is InChI=1S/C23H30FN3O4S/c1-6-25-23(29)18(4)26(14-19-11-7-8-12-20(19)24)22(28)15-27(32(5,30)31)21-13-9-10-16(2)17(21)3/h7-13,18H,6,14-15H2,1-5H3,(H,25,29)/t18-/m1/s1. The lowest BCUT2D eigenvalue weighted by Gasteiger charge is -2.32. The van der Waals surface area contributed by atoms with Crippen molar-refractivity contribution in [3.8, 4) is 0 Å². The number of benzene rings is 2. The molecule has 9 heteroatoms. The molecule has 0 unspecified atom stereocenters. The van der Waals surface area contributed by atoms with Crippen molar-refractivity contribution >= 4 is 27.5 Å². The zero-order valence-corrected chi connectivity index (χ0v) is 19.9. The number of hydrogen-bond acceptors (Lipinski definition) is 4. The summed E-state index contributed by atoms with van der Waals surface area (Å²) < 4.78 is 40.5. The number of sulfonamides is 1. The summed E-state index contributed by atoms with van der Waals surface area (Å²) in [6, 6.07) is 10.2. The molecule has 0 saturated heterocycles. The molecule has 2 aromatic carbocycles. The van der Waals surface area contributed by atoms with Crippen LogP contribution < -0.4 is 9.62 Å². The van der Waals surface area contributed by atoms with Crippen LogP contribution in [0.15, 0.2) is 42.5 Å². The van der Waals surface area contributed by atoms with Crippen molar-refractivity contribution in [2.45, 2.75) is 40.3 Å². The average Bonchev–Trinajstić information content (AvgIpc) is 2.72. The van der Waals surface area contributed by atoms with Crippen molar-refractivity contribution < 1.29 is 22.4 Å². The van der Waals surface area contributed by atoms with E-state index in [-0.39, 0.29) is 12.1 Å². The van der Waals surface area contributed by atoms with Gasteiger partial charge in [0, 0.05) is 18.7 Å². The summed E-state index contributed by atoms with van der Waals surface area (Å²) in [5.74, 6) is -1.53. The van der Waals surface area contributed by atoms with E-state index in [0.717, 1.165) is 21.7 Å². The van der Waals surface area contributed by atoms with E-state index < -0.39 is 40.2 Å². The van der Waals surface area contributed by atoms with Gasteiger partial charge in [-0.3, -0.25) is 13.9 Å². The molecule has 0 aromatic heterocycles. The van der Waals surface area contributed by atoms with Crippen LogP contribution in [0.5, 0.6) is 0 Å². The summed E-state index contributed by atoms with van der Waals surface area (Å²) in [6.07, 6.45) is 1.02. The third kappa shape index (κ3) is 6.06. The third-order valence-corrected chi connectivity index (χ3v) is 6.47. The van der Waals surface area contributed by atoms with E-state index in [4.69, 9.17) is 0 Å². The van der Waals surface area contributed by atoms with Crippen LogP contribution in [0.3, 0.4) is 0 Å². The molecule has 32 heavy (non-hydrogen) atoms. The second kappa shape index (κ2) is 10.6. The monoisotopic (exact) mass is 463 g/mol. The van der Waals surface area contributed by atoms with Gasteiger partial charge in [-0.2, -0.15) is 0 Å². The van der Waals surface area contributed by atoms with Gasteiger partial charge in [-0.15, -0.1) is 0 Å². The molecule has 0 saturated carbocycles. The van der Waals surface area contributed by atoms with E-state index in [2.05, 4.69) is 5.32 Å². The van der Waals surface area contributed by atoms with Gasteiger partial charge in [0.05, 0.1) is 11.9 Å². The molecule has 0 heterocycles. The summed E-state index contributed by atoms with van der Waals surface area (Å²) >= 11 is 0. The predicted octanol–water partition coefficient (Wildman–Crippen LogP) is 2.76. The van der Waals surface area contributed by atoms with E-state index >= 15 is 0 Å². The Kier molecular flexibility index (Phi) is 8.38. The highest BCUT2D eigenvalue weighted by Crippen LogP contribution is 2.25. The first-order chi connectivity index (χ1) is 15.0. The SMILES string of the molecule is CCNC(=O)[C@@H](C)N(Cc1ccccc1F)C(=O)CN(c1cccc(C)c1C)S(C)(=O)=O. The first-order valence-corrected chi connectivity index (χ1v) is 12.2. The number of amides is 2. The largest absolute Gasteiger partial charge is 0.355 e. The summed E-state index contributed by atoms with van der Waals surface area (Å²) in [4.78, 5) is 27.0. The van der Waals surface area contributed by atoms with Gasteiger partial charge in [0.15, 0.2) is 0 Å². The highest BCUT2D eigenvalue weighted by atomic mass is 32.2. The molecule has 1 N–H and O–H groups in total. The van der Waals surface area contributed by atoms with Gasteiger partial charge >= 0.3 is 0 Å². The number of hydrogen-bond donors (Lipinski definition) is 1. The van der Waals surface area contributed by atoms with Crippen LogP contribution >= 0.6 is 0 Å². The number of nitrogens with zero attached hydrogens (tertiary/aromatic N) is 2. The number of carbonyl (C=O) groups excluding carboxylic acids is 2. The number of rotatable bonds is 9. The summed E-state index contributed by atoms with van der Waals surface area (Å²) in [6.45, 7) is 6.59. The van der Waals surface area contributed by atoms with Crippen molar-refractivity contribution in [3.05, 3.63) is 65.0 Å². The number of halogens is 1. The van der Waals surface area contributed by atoms with Gasteiger partial charge in [0.25, 0.3) is 0 Å². The lowest BCUT2D eigenvalue weighted by atomic mass is 10.1. The number of anilines is 1. The van der Waals surface area contributed by atoms with E-state index in [1.165, 1.54) is 30.0 Å². The molecule has 7 nitrogen and oxygen atoms in total. The molecule has 0 aliphatic carbocycles. The molecule has 2 amide bonds. The van der Waals surface area contributed by atoms with Crippen molar-refractivity contribution in [2.75, 3.05) is 23.7 Å². The Morgan fingerprint density at radius 2 is 1.75 bits per heavy atom. The smallest absolute Gasteiger partial charge is 0.244 e. The number of nitrogens with one attached hydrogen (secondary N) is 1. The predicted molar refractivity (Wildman–Crippen MR) is 123 cm³/mol. The fraction of sp³-hybridized carbons (Fsp3) is 0.391. The van der Waals surface area contributed by atoms with Crippen LogP contribution in [0, 0.1) is 19.7 Å². The van der Waals surface area contributed by atoms with Crippen LogP contribution in [0.25, 0.3) is 0 Å². The Labute approximate surface area is 189 Å². The molecule has 0 aliphatic heterocycles. The maximum absolute atomic E-state index is 14.3. The normalized spacial score (nSPS) is 12.2. The topological polar surface area (TPSA) is 86.8 Å². The van der Waals surface area contributed by atoms with E-state index in [0.29, 0.717) is 12.2 Å². The molecule has 0 radical (unpaired) electrons. The Balaban J connectivity index is 2.45. The second-order valence-electron chi connectivity index (χ2n) is 7.67. The third-order valence-electron chi connectivity index (χ3n) is 5.34. The van der Waals surface area contributed by atoms with Crippen molar-refractivity contribution in [3.63, 3.8) is 0 Å². The number of carbonyl (C=O) groups is 2. The summed E-state index contributed by atoms with van der Waals surface area (Å²) in [5.41, 5.74) is 2.22. The number of aryl methyl sites for hydroxylation is 1. The molecule has 0 fully saturated rings. The van der Waals surface area contributed by atoms with Gasteiger partial charge in [-0.25, -0.2) is 12.8 Å². The summed E-state index contributed by atoms with van der Waals surface area (Å²) in [5, 5.41) is 2.65. The lowest BCUT2D eigenvalue weighted by Crippen LogP contribution is -2.51. The number of likely N-dealkylation sites (N-methyl/N-ethyl adjacent to an activating group) is 1. The fourth-order valence-corrected chi connectivity index (χ4v) is 4.22. The Morgan fingerprint density at radius 1 is 1.09 bits per heavy atom. The highest BCUT2D eigenvalue weighted by molar-refractivity contribution is 7.92. The molecule has 2 aromatic rings. The van der Waals surface area contributed by atoms with E-state index in [1.54, 1.807) is 32.0 Å². The van der Waals surface area contributed by atoms with Crippen LogP contribution in [-0.2, 0) is 26.2 Å². The lowest BCUT2D eigenvalue weighted by molar-refractivity contribution is -0.139. The average molecular weight is 464 g/mol. The molecule has 0 bridgehead atoms. The van der Waals surface area contributed by atoms with Gasteiger partial charge in [0.2, 0.25) is 21.8 Å². The van der Waals surface area contributed by atoms with Crippen molar-refractivity contribution in [1.29, 1.82) is 0 Å². The minimum atomic E-state index is -3.81. The molecule has 2 rings (SSSR count). The molecular formula is C23H30FN3O4S. The minimum absolute atomic E-state index is 0.172.